The van der Waals surface area contributed by atoms with Gasteiger partial charge >= 0.3 is 0 Å². The number of rotatable bonds is 1. The Morgan fingerprint density at radius 3 is 2.36 bits per heavy atom. The normalized spacial score (nSPS) is 52.7. The molecule has 0 aromatic carbocycles. The van der Waals surface area contributed by atoms with E-state index < -0.39 is 0 Å². The van der Waals surface area contributed by atoms with E-state index in [9.17, 15) is 0 Å². The van der Waals surface area contributed by atoms with Crippen LogP contribution in [-0.2, 0) is 4.74 Å². The van der Waals surface area contributed by atoms with E-state index >= 15 is 0 Å². The highest BCUT2D eigenvalue weighted by Crippen LogP contribution is 2.54. The molecule has 2 aliphatic heterocycles. The van der Waals surface area contributed by atoms with E-state index in [-0.39, 0.29) is 11.2 Å². The van der Waals surface area contributed by atoms with Crippen molar-refractivity contribution in [2.45, 2.75) is 65.1 Å². The molecular formula is C13H24O. The van der Waals surface area contributed by atoms with E-state index in [2.05, 4.69) is 34.6 Å². The summed E-state index contributed by atoms with van der Waals surface area (Å²) in [5, 5.41) is 0. The zero-order valence-electron chi connectivity index (χ0n) is 10.3. The van der Waals surface area contributed by atoms with Crippen molar-refractivity contribution in [3.8, 4) is 0 Å². The van der Waals surface area contributed by atoms with E-state index in [4.69, 9.17) is 4.74 Å². The number of ether oxygens (including phenoxy) is 1. The molecule has 82 valence electrons. The molecule has 4 atom stereocenters. The van der Waals surface area contributed by atoms with Crippen LogP contribution < -0.4 is 0 Å². The minimum Gasteiger partial charge on any atom is -0.369 e. The van der Waals surface area contributed by atoms with Gasteiger partial charge in [-0.25, -0.2) is 0 Å². The monoisotopic (exact) mass is 196 g/mol. The molecule has 1 heteroatoms. The van der Waals surface area contributed by atoms with E-state index in [1.165, 1.54) is 19.3 Å². The van der Waals surface area contributed by atoms with Crippen LogP contribution in [0.25, 0.3) is 0 Å². The van der Waals surface area contributed by atoms with Gasteiger partial charge in [0.05, 0.1) is 11.2 Å². The SMILES string of the molecule is CC1CC2(C)CCC1C(C)(C(C)C)O2. The summed E-state index contributed by atoms with van der Waals surface area (Å²) in [5.74, 6) is 2.26. The number of hydrogen-bond donors (Lipinski definition) is 0. The fourth-order valence-corrected chi connectivity index (χ4v) is 3.77. The first-order valence-electron chi connectivity index (χ1n) is 6.07. The van der Waals surface area contributed by atoms with E-state index in [1.807, 2.05) is 0 Å². The third kappa shape index (κ3) is 1.32. The van der Waals surface area contributed by atoms with E-state index in [1.54, 1.807) is 0 Å². The Kier molecular flexibility index (Phi) is 2.23. The predicted molar refractivity (Wildman–Crippen MR) is 59.2 cm³/mol. The van der Waals surface area contributed by atoms with Crippen LogP contribution in [0.2, 0.25) is 0 Å². The Morgan fingerprint density at radius 1 is 1.29 bits per heavy atom. The fraction of sp³-hybridized carbons (Fsp3) is 1.00. The second-order valence-electron chi connectivity index (χ2n) is 6.22. The molecule has 0 N–H and O–H groups in total. The standard InChI is InChI=1S/C13H24O/c1-9(2)13(5)11-6-7-12(4,14-13)8-10(11)3/h9-11H,6-8H2,1-5H3. The molecule has 1 aliphatic carbocycles. The highest BCUT2D eigenvalue weighted by Gasteiger charge is 2.54. The van der Waals surface area contributed by atoms with E-state index in [0.717, 1.165) is 11.8 Å². The molecule has 0 radical (unpaired) electrons. The molecule has 14 heavy (non-hydrogen) atoms. The average molecular weight is 196 g/mol. The van der Waals surface area contributed by atoms with Gasteiger partial charge in [-0.3, -0.25) is 0 Å². The number of fused-ring (bicyclic) bond motifs is 3. The van der Waals surface area contributed by atoms with Gasteiger partial charge in [0.1, 0.15) is 0 Å². The fourth-order valence-electron chi connectivity index (χ4n) is 3.77. The Hall–Kier alpha value is -0.0400. The van der Waals surface area contributed by atoms with Crippen LogP contribution in [0.15, 0.2) is 0 Å². The predicted octanol–water partition coefficient (Wildman–Crippen LogP) is 3.63. The maximum atomic E-state index is 6.39. The van der Waals surface area contributed by atoms with Gasteiger partial charge in [-0.15, -0.1) is 0 Å². The van der Waals surface area contributed by atoms with Gasteiger partial charge < -0.3 is 4.74 Å². The topological polar surface area (TPSA) is 9.23 Å². The van der Waals surface area contributed by atoms with Crippen LogP contribution in [0.4, 0.5) is 0 Å². The largest absolute Gasteiger partial charge is 0.369 e. The van der Waals surface area contributed by atoms with Crippen molar-refractivity contribution in [1.82, 2.24) is 0 Å². The van der Waals surface area contributed by atoms with Crippen LogP contribution in [0.3, 0.4) is 0 Å². The highest BCUT2D eigenvalue weighted by molar-refractivity contribution is 5.03. The summed E-state index contributed by atoms with van der Waals surface area (Å²) in [6, 6.07) is 0. The summed E-state index contributed by atoms with van der Waals surface area (Å²) in [6.45, 7) is 11.6. The Labute approximate surface area is 88.2 Å². The number of hydrogen-bond acceptors (Lipinski definition) is 1. The second kappa shape index (κ2) is 2.98. The Balaban J connectivity index is 2.30. The Morgan fingerprint density at radius 2 is 1.93 bits per heavy atom. The summed E-state index contributed by atoms with van der Waals surface area (Å²) < 4.78 is 6.39. The zero-order valence-corrected chi connectivity index (χ0v) is 10.3. The molecule has 2 bridgehead atoms. The first-order valence-corrected chi connectivity index (χ1v) is 6.07. The van der Waals surface area contributed by atoms with E-state index in [0.29, 0.717) is 5.92 Å². The van der Waals surface area contributed by atoms with Crippen molar-refractivity contribution < 1.29 is 4.74 Å². The van der Waals surface area contributed by atoms with Crippen LogP contribution in [0, 0.1) is 17.8 Å². The van der Waals surface area contributed by atoms with Gasteiger partial charge in [-0.05, 0) is 50.9 Å². The molecule has 2 heterocycles. The third-order valence-electron chi connectivity index (χ3n) is 4.77. The lowest BCUT2D eigenvalue weighted by atomic mass is 9.60. The lowest BCUT2D eigenvalue weighted by molar-refractivity contribution is -0.271. The van der Waals surface area contributed by atoms with Crippen LogP contribution in [0.5, 0.6) is 0 Å². The summed E-state index contributed by atoms with van der Waals surface area (Å²) in [5.41, 5.74) is 0.303. The molecule has 0 aromatic heterocycles. The van der Waals surface area contributed by atoms with Gasteiger partial charge in [0.2, 0.25) is 0 Å². The summed E-state index contributed by atoms with van der Waals surface area (Å²) in [6.07, 6.45) is 3.90. The second-order valence-corrected chi connectivity index (χ2v) is 6.22. The minimum absolute atomic E-state index is 0.130. The molecule has 3 fully saturated rings. The molecule has 0 spiro atoms. The summed E-state index contributed by atoms with van der Waals surface area (Å²) in [4.78, 5) is 0. The molecule has 3 rings (SSSR count). The van der Waals surface area contributed by atoms with Gasteiger partial charge in [0.25, 0.3) is 0 Å². The van der Waals surface area contributed by atoms with Gasteiger partial charge in [-0.1, -0.05) is 20.8 Å². The maximum absolute atomic E-state index is 6.39. The quantitative estimate of drug-likeness (QED) is 0.622. The van der Waals surface area contributed by atoms with Gasteiger partial charge in [0, 0.05) is 0 Å². The molecule has 1 nitrogen and oxygen atoms in total. The first kappa shape index (κ1) is 10.5. The van der Waals surface area contributed by atoms with Crippen molar-refractivity contribution in [1.29, 1.82) is 0 Å². The van der Waals surface area contributed by atoms with Crippen molar-refractivity contribution in [2.75, 3.05) is 0 Å². The van der Waals surface area contributed by atoms with Crippen molar-refractivity contribution >= 4 is 0 Å². The zero-order chi connectivity index (χ0) is 10.6. The molecule has 2 saturated heterocycles. The molecule has 4 unspecified atom stereocenters. The molecule has 1 saturated carbocycles. The third-order valence-corrected chi connectivity index (χ3v) is 4.77. The molecule has 3 aliphatic rings. The lowest BCUT2D eigenvalue weighted by Gasteiger charge is -2.59. The van der Waals surface area contributed by atoms with Crippen LogP contribution in [0.1, 0.15) is 53.9 Å². The minimum atomic E-state index is 0.130. The van der Waals surface area contributed by atoms with Gasteiger partial charge in [-0.2, -0.15) is 0 Å². The first-order chi connectivity index (χ1) is 6.37. The summed E-state index contributed by atoms with van der Waals surface area (Å²) >= 11 is 0. The van der Waals surface area contributed by atoms with Crippen molar-refractivity contribution in [3.05, 3.63) is 0 Å². The highest BCUT2D eigenvalue weighted by atomic mass is 16.5. The maximum Gasteiger partial charge on any atom is 0.0715 e. The van der Waals surface area contributed by atoms with Crippen LogP contribution >= 0.6 is 0 Å². The molecular weight excluding hydrogens is 172 g/mol. The van der Waals surface area contributed by atoms with Crippen molar-refractivity contribution in [3.63, 3.8) is 0 Å². The van der Waals surface area contributed by atoms with Crippen LogP contribution in [-0.4, -0.2) is 11.2 Å². The Bertz CT molecular complexity index is 235. The summed E-state index contributed by atoms with van der Waals surface area (Å²) in [7, 11) is 0. The molecule has 0 aromatic rings. The smallest absolute Gasteiger partial charge is 0.0715 e. The lowest BCUT2D eigenvalue weighted by Crippen LogP contribution is -2.60. The molecule has 0 amide bonds. The average Bonchev–Trinajstić information content (AvgIpc) is 2.01. The van der Waals surface area contributed by atoms with Crippen molar-refractivity contribution in [2.24, 2.45) is 17.8 Å². The van der Waals surface area contributed by atoms with Gasteiger partial charge in [0.15, 0.2) is 0 Å².